The number of nitrogens with zero attached hydrogens (tertiary/aromatic N) is 6. The molecule has 0 spiro atoms. The SMILES string of the molecule is Cc1nn2c(NCc3nn[nH]n3)cc(-c3ccccc3)nc2c1C. The molecule has 0 atom stereocenters. The van der Waals surface area contributed by atoms with E-state index in [-0.39, 0.29) is 0 Å². The Morgan fingerprint density at radius 1 is 1.17 bits per heavy atom. The predicted octanol–water partition coefficient (Wildman–Crippen LogP) is 2.14. The second-order valence-electron chi connectivity index (χ2n) is 5.52. The van der Waals surface area contributed by atoms with E-state index in [4.69, 9.17) is 4.98 Å². The standard InChI is InChI=1S/C16H16N8/c1-10-11(2)21-24-15(17-9-14-19-22-23-20-14)8-13(18-16(10)24)12-6-4-3-5-7-12/h3-8,17H,9H2,1-2H3,(H,19,20,22,23). The molecule has 4 aromatic rings. The van der Waals surface area contributed by atoms with Crippen LogP contribution in [0.4, 0.5) is 5.82 Å². The van der Waals surface area contributed by atoms with Gasteiger partial charge in [-0.2, -0.15) is 14.8 Å². The highest BCUT2D eigenvalue weighted by atomic mass is 15.5. The van der Waals surface area contributed by atoms with Gasteiger partial charge in [0.25, 0.3) is 0 Å². The van der Waals surface area contributed by atoms with Crippen molar-refractivity contribution in [1.82, 2.24) is 35.2 Å². The summed E-state index contributed by atoms with van der Waals surface area (Å²) in [7, 11) is 0. The second kappa shape index (κ2) is 5.73. The number of rotatable bonds is 4. The van der Waals surface area contributed by atoms with Crippen molar-refractivity contribution in [3.05, 3.63) is 53.5 Å². The van der Waals surface area contributed by atoms with Gasteiger partial charge < -0.3 is 5.32 Å². The monoisotopic (exact) mass is 320 g/mol. The van der Waals surface area contributed by atoms with Crippen LogP contribution >= 0.6 is 0 Å². The highest BCUT2D eigenvalue weighted by molar-refractivity contribution is 5.68. The molecular weight excluding hydrogens is 304 g/mol. The molecule has 0 unspecified atom stereocenters. The number of hydrogen-bond donors (Lipinski definition) is 2. The van der Waals surface area contributed by atoms with Crippen LogP contribution in [0.5, 0.6) is 0 Å². The maximum absolute atomic E-state index is 4.78. The Labute approximate surface area is 137 Å². The van der Waals surface area contributed by atoms with E-state index in [1.165, 1.54) is 0 Å². The molecule has 0 aliphatic rings. The highest BCUT2D eigenvalue weighted by Crippen LogP contribution is 2.24. The summed E-state index contributed by atoms with van der Waals surface area (Å²) in [6, 6.07) is 12.1. The molecular formula is C16H16N8. The molecule has 2 N–H and O–H groups in total. The van der Waals surface area contributed by atoms with Gasteiger partial charge in [0.1, 0.15) is 5.82 Å². The van der Waals surface area contributed by atoms with E-state index in [9.17, 15) is 0 Å². The molecule has 8 nitrogen and oxygen atoms in total. The van der Waals surface area contributed by atoms with Gasteiger partial charge in [-0.3, -0.25) is 0 Å². The van der Waals surface area contributed by atoms with E-state index in [0.717, 1.165) is 34.0 Å². The van der Waals surface area contributed by atoms with Gasteiger partial charge in [0.15, 0.2) is 11.5 Å². The zero-order chi connectivity index (χ0) is 16.5. The van der Waals surface area contributed by atoms with Crippen molar-refractivity contribution >= 4 is 11.5 Å². The third-order valence-corrected chi connectivity index (χ3v) is 3.94. The molecule has 1 aromatic carbocycles. The summed E-state index contributed by atoms with van der Waals surface area (Å²) >= 11 is 0. The summed E-state index contributed by atoms with van der Waals surface area (Å²) < 4.78 is 1.82. The molecule has 0 radical (unpaired) electrons. The van der Waals surface area contributed by atoms with Crippen LogP contribution in [0.15, 0.2) is 36.4 Å². The number of hydrogen-bond acceptors (Lipinski definition) is 6. The number of anilines is 1. The lowest BCUT2D eigenvalue weighted by Crippen LogP contribution is -2.08. The Morgan fingerprint density at radius 2 is 2.00 bits per heavy atom. The third-order valence-electron chi connectivity index (χ3n) is 3.94. The van der Waals surface area contributed by atoms with Gasteiger partial charge in [-0.15, -0.1) is 10.2 Å². The van der Waals surface area contributed by atoms with Gasteiger partial charge in [0, 0.05) is 17.2 Å². The van der Waals surface area contributed by atoms with Crippen molar-refractivity contribution in [2.45, 2.75) is 20.4 Å². The first-order valence-corrected chi connectivity index (χ1v) is 7.61. The van der Waals surface area contributed by atoms with E-state index < -0.39 is 0 Å². The van der Waals surface area contributed by atoms with Crippen LogP contribution in [0.2, 0.25) is 0 Å². The highest BCUT2D eigenvalue weighted by Gasteiger charge is 2.13. The van der Waals surface area contributed by atoms with E-state index in [0.29, 0.717) is 12.4 Å². The summed E-state index contributed by atoms with van der Waals surface area (Å²) in [5.74, 6) is 1.42. The molecule has 24 heavy (non-hydrogen) atoms. The molecule has 120 valence electrons. The molecule has 0 aliphatic carbocycles. The lowest BCUT2D eigenvalue weighted by atomic mass is 10.1. The molecule has 4 rings (SSSR count). The first-order valence-electron chi connectivity index (χ1n) is 7.61. The van der Waals surface area contributed by atoms with Crippen LogP contribution in [0.25, 0.3) is 16.9 Å². The normalized spacial score (nSPS) is 11.1. The average molecular weight is 320 g/mol. The van der Waals surface area contributed by atoms with Crippen LogP contribution in [0.3, 0.4) is 0 Å². The number of benzene rings is 1. The molecule has 0 aliphatic heterocycles. The molecule has 0 fully saturated rings. The Balaban J connectivity index is 1.82. The van der Waals surface area contributed by atoms with E-state index >= 15 is 0 Å². The van der Waals surface area contributed by atoms with Gasteiger partial charge >= 0.3 is 0 Å². The number of tetrazole rings is 1. The molecule has 8 heteroatoms. The summed E-state index contributed by atoms with van der Waals surface area (Å²) in [6.45, 7) is 4.46. The minimum atomic E-state index is 0.446. The van der Waals surface area contributed by atoms with Gasteiger partial charge in [-0.1, -0.05) is 35.5 Å². The maximum atomic E-state index is 4.78. The summed E-state index contributed by atoms with van der Waals surface area (Å²) in [4.78, 5) is 4.78. The van der Waals surface area contributed by atoms with E-state index in [1.54, 1.807) is 0 Å². The Hall–Kier alpha value is -3.29. The maximum Gasteiger partial charge on any atom is 0.193 e. The van der Waals surface area contributed by atoms with Gasteiger partial charge in [0.05, 0.1) is 17.9 Å². The van der Waals surface area contributed by atoms with Crippen molar-refractivity contribution < 1.29 is 0 Å². The lowest BCUT2D eigenvalue weighted by Gasteiger charge is -2.09. The van der Waals surface area contributed by atoms with Gasteiger partial charge in [0.2, 0.25) is 0 Å². The quantitative estimate of drug-likeness (QED) is 0.598. The molecule has 0 saturated heterocycles. The van der Waals surface area contributed by atoms with Crippen LogP contribution in [0, 0.1) is 13.8 Å². The minimum absolute atomic E-state index is 0.446. The molecule has 3 aromatic heterocycles. The number of fused-ring (bicyclic) bond motifs is 1. The summed E-state index contributed by atoms with van der Waals surface area (Å²) in [5, 5.41) is 21.8. The third kappa shape index (κ3) is 2.47. The van der Waals surface area contributed by atoms with E-state index in [2.05, 4.69) is 31.0 Å². The fourth-order valence-electron chi connectivity index (χ4n) is 2.54. The number of aromatic nitrogens is 7. The average Bonchev–Trinajstić information content (AvgIpc) is 3.23. The zero-order valence-corrected chi connectivity index (χ0v) is 13.4. The zero-order valence-electron chi connectivity index (χ0n) is 13.4. The minimum Gasteiger partial charge on any atom is -0.362 e. The summed E-state index contributed by atoms with van der Waals surface area (Å²) in [5.41, 5.74) is 4.80. The topological polar surface area (TPSA) is 96.7 Å². The van der Waals surface area contributed by atoms with E-state index in [1.807, 2.05) is 54.8 Å². The molecule has 0 amide bonds. The smallest absolute Gasteiger partial charge is 0.193 e. The predicted molar refractivity (Wildman–Crippen MR) is 89.4 cm³/mol. The molecule has 0 saturated carbocycles. The second-order valence-corrected chi connectivity index (χ2v) is 5.52. The molecule has 3 heterocycles. The first-order chi connectivity index (χ1) is 11.7. The largest absolute Gasteiger partial charge is 0.362 e. The molecule has 0 bridgehead atoms. The van der Waals surface area contributed by atoms with Crippen LogP contribution in [0.1, 0.15) is 17.1 Å². The lowest BCUT2D eigenvalue weighted by molar-refractivity contribution is 0.881. The van der Waals surface area contributed by atoms with Crippen molar-refractivity contribution in [3.8, 4) is 11.3 Å². The Bertz CT molecular complexity index is 972. The number of H-pyrrole nitrogens is 1. The van der Waals surface area contributed by atoms with Crippen LogP contribution in [-0.4, -0.2) is 35.2 Å². The number of aryl methyl sites for hydroxylation is 2. The Kier molecular flexibility index (Phi) is 3.42. The number of nitrogens with one attached hydrogen (secondary N) is 2. The van der Waals surface area contributed by atoms with Crippen LogP contribution in [-0.2, 0) is 6.54 Å². The van der Waals surface area contributed by atoms with Gasteiger partial charge in [-0.25, -0.2) is 4.98 Å². The van der Waals surface area contributed by atoms with Crippen molar-refractivity contribution in [3.63, 3.8) is 0 Å². The Morgan fingerprint density at radius 3 is 2.75 bits per heavy atom. The van der Waals surface area contributed by atoms with Crippen molar-refractivity contribution in [2.24, 2.45) is 0 Å². The fourth-order valence-corrected chi connectivity index (χ4v) is 2.54. The van der Waals surface area contributed by atoms with Crippen molar-refractivity contribution in [1.29, 1.82) is 0 Å². The van der Waals surface area contributed by atoms with Crippen molar-refractivity contribution in [2.75, 3.05) is 5.32 Å². The fraction of sp³-hybridized carbons (Fsp3) is 0.188. The van der Waals surface area contributed by atoms with Crippen LogP contribution < -0.4 is 5.32 Å². The van der Waals surface area contributed by atoms with Gasteiger partial charge in [-0.05, 0) is 13.8 Å². The number of aromatic amines is 1. The first kappa shape index (κ1) is 14.3. The summed E-state index contributed by atoms with van der Waals surface area (Å²) in [6.07, 6.45) is 0.